The van der Waals surface area contributed by atoms with Crippen molar-refractivity contribution in [3.63, 3.8) is 0 Å². The van der Waals surface area contributed by atoms with Gasteiger partial charge < -0.3 is 15.7 Å². The lowest BCUT2D eigenvalue weighted by Crippen LogP contribution is -2.44. The molecule has 2 amide bonds. The molecule has 0 bridgehead atoms. The van der Waals surface area contributed by atoms with E-state index < -0.39 is 5.97 Å². The van der Waals surface area contributed by atoms with Crippen molar-refractivity contribution in [1.82, 2.24) is 10.6 Å². The molecule has 0 heterocycles. The fourth-order valence-corrected chi connectivity index (χ4v) is 3.52. The first-order valence-electron chi connectivity index (χ1n) is 6.99. The van der Waals surface area contributed by atoms with Gasteiger partial charge in [-0.05, 0) is 36.8 Å². The molecule has 0 saturated heterocycles. The molecule has 0 spiro atoms. The highest BCUT2D eigenvalue weighted by Gasteiger charge is 2.27. The molecule has 2 atom stereocenters. The SMILES string of the molecule is CSC1CCCC1NC(=O)NCc1cccc(C(=O)O)c1. The molecule has 1 aromatic rings. The number of urea groups is 1. The van der Waals surface area contributed by atoms with Gasteiger partial charge in [0, 0.05) is 17.8 Å². The predicted octanol–water partition coefficient (Wildman–Crippen LogP) is 2.47. The lowest BCUT2D eigenvalue weighted by molar-refractivity contribution is 0.0696. The first kappa shape index (κ1) is 15.7. The van der Waals surface area contributed by atoms with Crippen molar-refractivity contribution in [3.8, 4) is 0 Å². The summed E-state index contributed by atoms with van der Waals surface area (Å²) in [7, 11) is 0. The van der Waals surface area contributed by atoms with Crippen molar-refractivity contribution >= 4 is 23.8 Å². The molecular weight excluding hydrogens is 288 g/mol. The van der Waals surface area contributed by atoms with Gasteiger partial charge in [-0.15, -0.1) is 0 Å². The monoisotopic (exact) mass is 308 g/mol. The fraction of sp³-hybridized carbons (Fsp3) is 0.467. The summed E-state index contributed by atoms with van der Waals surface area (Å²) in [6.45, 7) is 0.323. The van der Waals surface area contributed by atoms with Gasteiger partial charge in [-0.25, -0.2) is 9.59 Å². The van der Waals surface area contributed by atoms with Crippen LogP contribution in [0.4, 0.5) is 4.79 Å². The molecule has 1 aliphatic carbocycles. The normalized spacial score (nSPS) is 21.0. The Morgan fingerprint density at radius 1 is 1.38 bits per heavy atom. The van der Waals surface area contributed by atoms with Crippen LogP contribution in [0.2, 0.25) is 0 Å². The van der Waals surface area contributed by atoms with Gasteiger partial charge in [-0.1, -0.05) is 18.6 Å². The molecule has 1 aliphatic rings. The second-order valence-corrected chi connectivity index (χ2v) is 6.22. The smallest absolute Gasteiger partial charge is 0.335 e. The Morgan fingerprint density at radius 3 is 2.90 bits per heavy atom. The third-order valence-corrected chi connectivity index (χ3v) is 4.87. The molecule has 114 valence electrons. The van der Waals surface area contributed by atoms with E-state index >= 15 is 0 Å². The van der Waals surface area contributed by atoms with Crippen LogP contribution in [0.5, 0.6) is 0 Å². The van der Waals surface area contributed by atoms with Crippen LogP contribution in [0.25, 0.3) is 0 Å². The molecule has 6 heteroatoms. The molecule has 0 aliphatic heterocycles. The maximum Gasteiger partial charge on any atom is 0.335 e. The number of thioether (sulfide) groups is 1. The summed E-state index contributed by atoms with van der Waals surface area (Å²) in [4.78, 5) is 22.8. The van der Waals surface area contributed by atoms with Gasteiger partial charge in [0.25, 0.3) is 0 Å². The van der Waals surface area contributed by atoms with Crippen LogP contribution in [0, 0.1) is 0 Å². The standard InChI is InChI=1S/C15H20N2O3S/c1-21-13-7-3-6-12(13)17-15(20)16-9-10-4-2-5-11(8-10)14(18)19/h2,4-5,8,12-13H,3,6-7,9H2,1H3,(H,18,19)(H2,16,17,20). The van der Waals surface area contributed by atoms with E-state index in [0.29, 0.717) is 11.8 Å². The molecule has 2 rings (SSSR count). The van der Waals surface area contributed by atoms with E-state index in [1.165, 1.54) is 6.07 Å². The summed E-state index contributed by atoms with van der Waals surface area (Å²) in [5, 5.41) is 15.2. The lowest BCUT2D eigenvalue weighted by Gasteiger charge is -2.19. The van der Waals surface area contributed by atoms with Crippen LogP contribution in [0.1, 0.15) is 35.2 Å². The van der Waals surface area contributed by atoms with Crippen LogP contribution in [0.15, 0.2) is 24.3 Å². The van der Waals surface area contributed by atoms with E-state index in [-0.39, 0.29) is 17.6 Å². The van der Waals surface area contributed by atoms with E-state index in [1.807, 2.05) is 0 Å². The van der Waals surface area contributed by atoms with Crippen molar-refractivity contribution in [1.29, 1.82) is 0 Å². The van der Waals surface area contributed by atoms with Crippen LogP contribution in [-0.2, 0) is 6.54 Å². The molecule has 2 unspecified atom stereocenters. The van der Waals surface area contributed by atoms with Crippen molar-refractivity contribution in [2.45, 2.75) is 37.1 Å². The van der Waals surface area contributed by atoms with Gasteiger partial charge in [0.2, 0.25) is 0 Å². The number of hydrogen-bond acceptors (Lipinski definition) is 3. The van der Waals surface area contributed by atoms with Crippen LogP contribution in [-0.4, -0.2) is 34.7 Å². The van der Waals surface area contributed by atoms with E-state index in [2.05, 4.69) is 16.9 Å². The number of aromatic carboxylic acids is 1. The average Bonchev–Trinajstić information content (AvgIpc) is 2.92. The van der Waals surface area contributed by atoms with Gasteiger partial charge in [0.1, 0.15) is 0 Å². The quantitative estimate of drug-likeness (QED) is 0.781. The summed E-state index contributed by atoms with van der Waals surface area (Å²) in [6.07, 6.45) is 5.39. The summed E-state index contributed by atoms with van der Waals surface area (Å²) >= 11 is 1.79. The minimum Gasteiger partial charge on any atom is -0.478 e. The number of carboxylic acid groups (broad SMARTS) is 1. The topological polar surface area (TPSA) is 78.4 Å². The highest BCUT2D eigenvalue weighted by atomic mass is 32.2. The fourth-order valence-electron chi connectivity index (χ4n) is 2.59. The second-order valence-electron chi connectivity index (χ2n) is 5.14. The highest BCUT2D eigenvalue weighted by Crippen LogP contribution is 2.28. The Kier molecular flexibility index (Phi) is 5.50. The maximum atomic E-state index is 11.9. The van der Waals surface area contributed by atoms with Gasteiger partial charge in [0.15, 0.2) is 0 Å². The minimum atomic E-state index is -0.963. The largest absolute Gasteiger partial charge is 0.478 e. The van der Waals surface area contributed by atoms with Crippen LogP contribution >= 0.6 is 11.8 Å². The molecule has 21 heavy (non-hydrogen) atoms. The van der Waals surface area contributed by atoms with Crippen molar-refractivity contribution < 1.29 is 14.7 Å². The summed E-state index contributed by atoms with van der Waals surface area (Å²) in [5.74, 6) is -0.963. The van der Waals surface area contributed by atoms with E-state index in [4.69, 9.17) is 5.11 Å². The Bertz CT molecular complexity index is 521. The number of carbonyl (C=O) groups excluding carboxylic acids is 1. The molecule has 3 N–H and O–H groups in total. The zero-order valence-electron chi connectivity index (χ0n) is 12.0. The number of hydrogen-bond donors (Lipinski definition) is 3. The zero-order chi connectivity index (χ0) is 15.2. The molecule has 5 nitrogen and oxygen atoms in total. The number of carbonyl (C=O) groups is 2. The third kappa shape index (κ3) is 4.39. The van der Waals surface area contributed by atoms with Gasteiger partial charge in [-0.2, -0.15) is 11.8 Å². The number of carboxylic acids is 1. The third-order valence-electron chi connectivity index (χ3n) is 3.70. The number of nitrogens with one attached hydrogen (secondary N) is 2. The minimum absolute atomic E-state index is 0.193. The Labute approximate surface area is 128 Å². The number of amides is 2. The van der Waals surface area contributed by atoms with Gasteiger partial charge >= 0.3 is 12.0 Å². The average molecular weight is 308 g/mol. The van der Waals surface area contributed by atoms with E-state index in [0.717, 1.165) is 24.8 Å². The predicted molar refractivity (Wildman–Crippen MR) is 83.7 cm³/mol. The molecule has 0 aromatic heterocycles. The van der Waals surface area contributed by atoms with Crippen molar-refractivity contribution in [2.24, 2.45) is 0 Å². The maximum absolute atomic E-state index is 11.9. The summed E-state index contributed by atoms with van der Waals surface area (Å²) in [6, 6.07) is 6.62. The molecule has 1 aromatic carbocycles. The summed E-state index contributed by atoms with van der Waals surface area (Å²) in [5.41, 5.74) is 1.01. The first-order valence-corrected chi connectivity index (χ1v) is 8.28. The zero-order valence-corrected chi connectivity index (χ0v) is 12.8. The lowest BCUT2D eigenvalue weighted by atomic mass is 10.1. The second kappa shape index (κ2) is 7.36. The van der Waals surface area contributed by atoms with E-state index in [1.54, 1.807) is 30.0 Å². The number of rotatable bonds is 5. The van der Waals surface area contributed by atoms with Gasteiger partial charge in [0.05, 0.1) is 5.56 Å². The van der Waals surface area contributed by atoms with Gasteiger partial charge in [-0.3, -0.25) is 0 Å². The highest BCUT2D eigenvalue weighted by molar-refractivity contribution is 7.99. The molecule has 0 radical (unpaired) electrons. The Balaban J connectivity index is 1.84. The van der Waals surface area contributed by atoms with E-state index in [9.17, 15) is 9.59 Å². The van der Waals surface area contributed by atoms with Crippen LogP contribution in [0.3, 0.4) is 0 Å². The Morgan fingerprint density at radius 2 is 2.19 bits per heavy atom. The van der Waals surface area contributed by atoms with Crippen molar-refractivity contribution in [2.75, 3.05) is 6.26 Å². The number of benzene rings is 1. The molecule has 1 saturated carbocycles. The molecule has 1 fully saturated rings. The first-order chi connectivity index (χ1) is 10.1. The van der Waals surface area contributed by atoms with Crippen LogP contribution < -0.4 is 10.6 Å². The Hall–Kier alpha value is -1.69. The summed E-state index contributed by atoms with van der Waals surface area (Å²) < 4.78 is 0. The van der Waals surface area contributed by atoms with Crippen molar-refractivity contribution in [3.05, 3.63) is 35.4 Å². The molecular formula is C15H20N2O3S.